The number of hydrogen-bond acceptors (Lipinski definition) is 5. The lowest BCUT2D eigenvalue weighted by Gasteiger charge is -2.07. The summed E-state index contributed by atoms with van der Waals surface area (Å²) in [5, 5.41) is 13.1. The molecule has 1 saturated carbocycles. The maximum Gasteiger partial charge on any atom is 0.427 e. The maximum atomic E-state index is 13.5. The van der Waals surface area contributed by atoms with E-state index >= 15 is 0 Å². The molecule has 1 fully saturated rings. The first-order valence-corrected chi connectivity index (χ1v) is 9.14. The van der Waals surface area contributed by atoms with E-state index in [2.05, 4.69) is 10.1 Å². The fraction of sp³-hybridized carbons (Fsp3) is 0.375. The molecule has 6 nitrogen and oxygen atoms in total. The molecule has 1 aliphatic rings. The standard InChI is InChI=1S/C16H11ClF3N5OS/c1-7-2-10(7)13-14(16(18,19)20)27-15-22-8(3-12(26)25(13)15)6-24-9(5-21)4-11(17)23-24/h3-4,7,10H,2,6H2,1H3. The maximum absolute atomic E-state index is 13.5. The number of thiazole rings is 1. The average Bonchev–Trinajstić information content (AvgIpc) is 3.00. The van der Waals surface area contributed by atoms with Crippen LogP contribution in [0.1, 0.15) is 41.2 Å². The fourth-order valence-corrected chi connectivity index (χ4v) is 4.40. The molecule has 27 heavy (non-hydrogen) atoms. The third kappa shape index (κ3) is 3.11. The van der Waals surface area contributed by atoms with Crippen LogP contribution in [0.15, 0.2) is 16.9 Å². The highest BCUT2D eigenvalue weighted by Gasteiger charge is 2.46. The van der Waals surface area contributed by atoms with E-state index in [-0.39, 0.29) is 45.6 Å². The average molecular weight is 414 g/mol. The van der Waals surface area contributed by atoms with E-state index < -0.39 is 16.6 Å². The minimum absolute atomic E-state index is 0.00102. The molecule has 140 valence electrons. The highest BCUT2D eigenvalue weighted by atomic mass is 35.5. The van der Waals surface area contributed by atoms with E-state index in [1.54, 1.807) is 0 Å². The van der Waals surface area contributed by atoms with E-state index in [1.165, 1.54) is 16.8 Å². The zero-order valence-corrected chi connectivity index (χ0v) is 15.4. The summed E-state index contributed by atoms with van der Waals surface area (Å²) in [5.41, 5.74) is -0.204. The van der Waals surface area contributed by atoms with E-state index in [0.717, 1.165) is 4.40 Å². The number of rotatable bonds is 3. The number of aromatic nitrogens is 4. The Morgan fingerprint density at radius 1 is 1.44 bits per heavy atom. The van der Waals surface area contributed by atoms with Gasteiger partial charge in [0.05, 0.1) is 17.9 Å². The van der Waals surface area contributed by atoms with Crippen molar-refractivity contribution in [2.45, 2.75) is 32.0 Å². The van der Waals surface area contributed by atoms with E-state index in [0.29, 0.717) is 17.8 Å². The molecule has 0 amide bonds. The van der Waals surface area contributed by atoms with Crippen LogP contribution in [0.25, 0.3) is 4.96 Å². The van der Waals surface area contributed by atoms with Gasteiger partial charge in [-0.2, -0.15) is 23.5 Å². The number of halogens is 4. The summed E-state index contributed by atoms with van der Waals surface area (Å²) in [5.74, 6) is -0.198. The van der Waals surface area contributed by atoms with Crippen molar-refractivity contribution >= 4 is 27.9 Å². The number of alkyl halides is 3. The summed E-state index contributed by atoms with van der Waals surface area (Å²) in [6.45, 7) is 1.81. The molecule has 0 saturated heterocycles. The van der Waals surface area contributed by atoms with E-state index in [1.807, 2.05) is 13.0 Å². The van der Waals surface area contributed by atoms with Crippen molar-refractivity contribution < 1.29 is 13.2 Å². The molecule has 1 aliphatic carbocycles. The second-order valence-electron chi connectivity index (χ2n) is 6.46. The second kappa shape index (κ2) is 6.07. The molecule has 0 spiro atoms. The van der Waals surface area contributed by atoms with Crippen LogP contribution >= 0.6 is 22.9 Å². The van der Waals surface area contributed by atoms with Crippen molar-refractivity contribution in [3.63, 3.8) is 0 Å². The minimum Gasteiger partial charge on any atom is -0.269 e. The molecule has 4 rings (SSSR count). The molecule has 3 aromatic heterocycles. The van der Waals surface area contributed by atoms with Crippen LogP contribution in [-0.2, 0) is 12.7 Å². The zero-order valence-electron chi connectivity index (χ0n) is 13.8. The van der Waals surface area contributed by atoms with Gasteiger partial charge in [0.2, 0.25) is 0 Å². The highest BCUT2D eigenvalue weighted by molar-refractivity contribution is 7.17. The Morgan fingerprint density at radius 2 is 2.15 bits per heavy atom. The topological polar surface area (TPSA) is 76.0 Å². The Labute approximate surface area is 159 Å². The van der Waals surface area contributed by atoms with Gasteiger partial charge in [0.15, 0.2) is 10.1 Å². The summed E-state index contributed by atoms with van der Waals surface area (Å²) in [4.78, 5) is 16.0. The molecular formula is C16H11ClF3N5OS. The SMILES string of the molecule is CC1CC1c1c(C(F)(F)F)sc2nc(Cn3nc(Cl)cc3C#N)cc(=O)n12. The number of nitrogens with zero attached hydrogens (tertiary/aromatic N) is 5. The van der Waals surface area contributed by atoms with Crippen molar-refractivity contribution in [1.29, 1.82) is 5.26 Å². The Balaban J connectivity index is 1.85. The van der Waals surface area contributed by atoms with Crippen LogP contribution in [0.2, 0.25) is 5.15 Å². The van der Waals surface area contributed by atoms with Gasteiger partial charge in [0.1, 0.15) is 16.6 Å². The van der Waals surface area contributed by atoms with E-state index in [9.17, 15) is 18.0 Å². The molecule has 0 radical (unpaired) electrons. The molecular weight excluding hydrogens is 403 g/mol. The van der Waals surface area contributed by atoms with Gasteiger partial charge < -0.3 is 0 Å². The summed E-state index contributed by atoms with van der Waals surface area (Å²) in [6, 6.07) is 4.44. The molecule has 11 heteroatoms. The Hall–Kier alpha value is -2.38. The number of nitriles is 1. The monoisotopic (exact) mass is 413 g/mol. The summed E-state index contributed by atoms with van der Waals surface area (Å²) in [6.07, 6.45) is -3.94. The fourth-order valence-electron chi connectivity index (χ4n) is 3.11. The van der Waals surface area contributed by atoms with Gasteiger partial charge in [0, 0.05) is 18.1 Å². The van der Waals surface area contributed by atoms with Crippen LogP contribution in [0.3, 0.4) is 0 Å². The minimum atomic E-state index is -4.55. The van der Waals surface area contributed by atoms with Crippen LogP contribution in [0.5, 0.6) is 0 Å². The quantitative estimate of drug-likeness (QED) is 0.656. The van der Waals surface area contributed by atoms with Gasteiger partial charge in [-0.15, -0.1) is 0 Å². The molecule has 0 N–H and O–H groups in total. The van der Waals surface area contributed by atoms with Gasteiger partial charge in [-0.05, 0) is 12.3 Å². The zero-order chi connectivity index (χ0) is 19.5. The second-order valence-corrected chi connectivity index (χ2v) is 7.82. The van der Waals surface area contributed by atoms with Crippen molar-refractivity contribution in [2.24, 2.45) is 5.92 Å². The van der Waals surface area contributed by atoms with Crippen LogP contribution in [-0.4, -0.2) is 19.2 Å². The first kappa shape index (κ1) is 18.0. The predicted molar refractivity (Wildman–Crippen MR) is 91.9 cm³/mol. The van der Waals surface area contributed by atoms with Crippen molar-refractivity contribution in [2.75, 3.05) is 0 Å². The summed E-state index contributed by atoms with van der Waals surface area (Å²) >= 11 is 6.24. The lowest BCUT2D eigenvalue weighted by atomic mass is 10.2. The van der Waals surface area contributed by atoms with Gasteiger partial charge in [-0.1, -0.05) is 29.9 Å². The van der Waals surface area contributed by atoms with Gasteiger partial charge >= 0.3 is 6.18 Å². The molecule has 2 atom stereocenters. The predicted octanol–water partition coefficient (Wildman–Crippen LogP) is 3.67. The smallest absolute Gasteiger partial charge is 0.269 e. The molecule has 0 aliphatic heterocycles. The lowest BCUT2D eigenvalue weighted by molar-refractivity contribution is -0.135. The highest BCUT2D eigenvalue weighted by Crippen LogP contribution is 2.52. The Bertz CT molecular complexity index is 1160. The molecule has 3 aromatic rings. The third-order valence-corrected chi connectivity index (χ3v) is 5.79. The third-order valence-electron chi connectivity index (χ3n) is 4.50. The van der Waals surface area contributed by atoms with Crippen LogP contribution < -0.4 is 5.56 Å². The number of hydrogen-bond donors (Lipinski definition) is 0. The Kier molecular flexibility index (Phi) is 4.05. The molecule has 0 bridgehead atoms. The van der Waals surface area contributed by atoms with Crippen molar-refractivity contribution in [3.8, 4) is 6.07 Å². The van der Waals surface area contributed by atoms with Crippen LogP contribution in [0.4, 0.5) is 13.2 Å². The van der Waals surface area contributed by atoms with Gasteiger partial charge in [-0.25, -0.2) is 9.67 Å². The van der Waals surface area contributed by atoms with E-state index in [4.69, 9.17) is 16.9 Å². The first-order valence-electron chi connectivity index (χ1n) is 7.95. The van der Waals surface area contributed by atoms with Crippen LogP contribution in [0, 0.1) is 17.2 Å². The number of fused-ring (bicyclic) bond motifs is 1. The summed E-state index contributed by atoms with van der Waals surface area (Å²) in [7, 11) is 0. The van der Waals surface area contributed by atoms with Crippen molar-refractivity contribution in [1.82, 2.24) is 19.2 Å². The normalized spacial score (nSPS) is 19.4. The van der Waals surface area contributed by atoms with Gasteiger partial charge in [0.25, 0.3) is 5.56 Å². The molecule has 2 unspecified atom stereocenters. The molecule has 3 heterocycles. The first-order chi connectivity index (χ1) is 12.7. The Morgan fingerprint density at radius 3 is 2.74 bits per heavy atom. The summed E-state index contributed by atoms with van der Waals surface area (Å²) < 4.78 is 42.8. The lowest BCUT2D eigenvalue weighted by Crippen LogP contribution is -2.19. The molecule has 0 aromatic carbocycles. The largest absolute Gasteiger partial charge is 0.427 e. The van der Waals surface area contributed by atoms with Crippen molar-refractivity contribution in [3.05, 3.63) is 49.6 Å². The van der Waals surface area contributed by atoms with Gasteiger partial charge in [-0.3, -0.25) is 9.20 Å².